The van der Waals surface area contributed by atoms with Gasteiger partial charge in [-0.1, -0.05) is 0 Å². The number of aryl methyl sites for hydroxylation is 3. The normalized spacial score (nSPS) is 12.6. The zero-order valence-electron chi connectivity index (χ0n) is 15.3. The monoisotopic (exact) mass is 408 g/mol. The van der Waals surface area contributed by atoms with Gasteiger partial charge in [0.15, 0.2) is 0 Å². The molecule has 0 amide bonds. The second-order valence-electron chi connectivity index (χ2n) is 6.55. The van der Waals surface area contributed by atoms with Crippen molar-refractivity contribution in [2.24, 2.45) is 0 Å². The Bertz CT molecular complexity index is 780. The van der Waals surface area contributed by atoms with E-state index in [2.05, 4.69) is 76.2 Å². The molecule has 0 bridgehead atoms. The Morgan fingerprint density at radius 1 is 0.920 bits per heavy atom. The Morgan fingerprint density at radius 2 is 1.56 bits per heavy atom. The molecule has 2 aromatic rings. The third kappa shape index (κ3) is 5.11. The fourth-order valence-electron chi connectivity index (χ4n) is 3.55. The van der Waals surface area contributed by atoms with Crippen LogP contribution in [0.4, 0.5) is 0 Å². The van der Waals surface area contributed by atoms with E-state index >= 15 is 0 Å². The molecule has 0 nitrogen and oxygen atoms in total. The first kappa shape index (κ1) is 22.3. The van der Waals surface area contributed by atoms with E-state index in [0.717, 1.165) is 6.42 Å². The molecule has 3 heteroatoms. The van der Waals surface area contributed by atoms with Crippen LogP contribution >= 0.6 is 24.8 Å². The Balaban J connectivity index is 0.00000156. The molecule has 132 valence electrons. The number of halogens is 2. The molecule has 0 fully saturated rings. The van der Waals surface area contributed by atoms with Gasteiger partial charge in [-0.05, 0) is 0 Å². The summed E-state index contributed by atoms with van der Waals surface area (Å²) in [5.41, 5.74) is 10.3. The van der Waals surface area contributed by atoms with Crippen LogP contribution in [0.25, 0.3) is 5.57 Å². The molecule has 0 saturated carbocycles. The Labute approximate surface area is 173 Å². The van der Waals surface area contributed by atoms with Gasteiger partial charge < -0.3 is 0 Å². The van der Waals surface area contributed by atoms with Gasteiger partial charge in [0.25, 0.3) is 0 Å². The van der Waals surface area contributed by atoms with Crippen molar-refractivity contribution >= 4 is 34.3 Å². The summed E-state index contributed by atoms with van der Waals surface area (Å²) < 4.78 is 2.87. The summed E-state index contributed by atoms with van der Waals surface area (Å²) in [7, 11) is 0. The standard InChI is InChI=1S/C13H13.C9H11.2ClH.Ti/c1-10-6-3-4-8-12(10)13-9-5-7-11(13)2;1-7-4-8(2)6-9(3)5-7;;;/h3-8H,1,9H2,2H3;4-5H,1-3H3;2*1H;. The molecule has 1 aliphatic carbocycles. The molecule has 25 heavy (non-hydrogen) atoms. The van der Waals surface area contributed by atoms with Crippen molar-refractivity contribution in [3.05, 3.63) is 81.9 Å². The van der Waals surface area contributed by atoms with E-state index in [-0.39, 0.29) is 44.0 Å². The van der Waals surface area contributed by atoms with Crippen LogP contribution in [0.5, 0.6) is 0 Å². The zero-order valence-corrected chi connectivity index (χ0v) is 18.5. The number of rotatable bonds is 4. The van der Waals surface area contributed by atoms with Gasteiger partial charge in [0.1, 0.15) is 0 Å². The van der Waals surface area contributed by atoms with Crippen LogP contribution in [0.15, 0.2) is 54.1 Å². The number of benzene rings is 2. The molecule has 0 radical (unpaired) electrons. The van der Waals surface area contributed by atoms with Gasteiger partial charge in [-0.2, -0.15) is 0 Å². The van der Waals surface area contributed by atoms with Crippen LogP contribution in [0.1, 0.15) is 41.2 Å². The van der Waals surface area contributed by atoms with Crippen molar-refractivity contribution in [2.75, 3.05) is 0 Å². The van der Waals surface area contributed by atoms with E-state index in [9.17, 15) is 0 Å². The molecule has 0 saturated heterocycles. The summed E-state index contributed by atoms with van der Waals surface area (Å²) in [6.45, 7) is 8.98. The van der Waals surface area contributed by atoms with E-state index in [0.29, 0.717) is 0 Å². The number of allylic oxidation sites excluding steroid dienone is 4. The van der Waals surface area contributed by atoms with Gasteiger partial charge in [-0.15, -0.1) is 24.8 Å². The average molecular weight is 409 g/mol. The molecule has 0 aromatic heterocycles. The maximum Gasteiger partial charge on any atom is -0.147 e. The topological polar surface area (TPSA) is 0 Å². The zero-order chi connectivity index (χ0) is 16.4. The predicted molar refractivity (Wildman–Crippen MR) is 111 cm³/mol. The maximum absolute atomic E-state index is 2.34. The summed E-state index contributed by atoms with van der Waals surface area (Å²) in [5, 5.41) is 0. The summed E-state index contributed by atoms with van der Waals surface area (Å²) in [6.07, 6.45) is 5.63. The second-order valence-corrected chi connectivity index (χ2v) is 8.44. The molecule has 0 N–H and O–H groups in total. The van der Waals surface area contributed by atoms with Crippen molar-refractivity contribution in [2.45, 2.75) is 38.8 Å². The first-order valence-corrected chi connectivity index (χ1v) is 10.2. The second kappa shape index (κ2) is 9.79. The van der Waals surface area contributed by atoms with Crippen LogP contribution in [-0.2, 0) is 23.9 Å². The molecule has 3 rings (SSSR count). The molecule has 0 atom stereocenters. The summed E-state index contributed by atoms with van der Waals surface area (Å²) in [6, 6.07) is 13.7. The molecular formula is C22H26Cl2Ti. The number of hydrogen-bond donors (Lipinski definition) is 0. The fraction of sp³-hybridized carbons (Fsp3) is 0.273. The molecule has 1 aliphatic rings. The van der Waals surface area contributed by atoms with Gasteiger partial charge >= 0.3 is 149 Å². The predicted octanol–water partition coefficient (Wildman–Crippen LogP) is 6.10. The van der Waals surface area contributed by atoms with E-state index in [1.807, 2.05) is 0 Å². The van der Waals surface area contributed by atoms with Crippen LogP contribution in [0.2, 0.25) is 0 Å². The van der Waals surface area contributed by atoms with E-state index < -0.39 is 0 Å². The Morgan fingerprint density at radius 3 is 2.16 bits per heavy atom. The largest absolute Gasteiger partial charge is 0.147 e. The smallest absolute Gasteiger partial charge is 0.147 e. The van der Waals surface area contributed by atoms with Crippen molar-refractivity contribution in [3.63, 3.8) is 0 Å². The van der Waals surface area contributed by atoms with Gasteiger partial charge in [0.05, 0.1) is 0 Å². The van der Waals surface area contributed by atoms with Crippen molar-refractivity contribution < 1.29 is 19.2 Å². The first-order valence-electron chi connectivity index (χ1n) is 8.32. The van der Waals surface area contributed by atoms with E-state index in [1.165, 1.54) is 43.7 Å². The van der Waals surface area contributed by atoms with Crippen LogP contribution in [0.3, 0.4) is 0 Å². The molecule has 0 spiro atoms. The first-order chi connectivity index (χ1) is 11.1. The third-order valence-corrected chi connectivity index (χ3v) is 7.30. The summed E-state index contributed by atoms with van der Waals surface area (Å²) in [4.78, 5) is 0. The van der Waals surface area contributed by atoms with Crippen molar-refractivity contribution in [1.82, 2.24) is 0 Å². The summed E-state index contributed by atoms with van der Waals surface area (Å²) >= 11 is -0.151. The molecule has 0 aliphatic heterocycles. The minimum atomic E-state index is -0.151. The third-order valence-electron chi connectivity index (χ3n) is 4.64. The van der Waals surface area contributed by atoms with E-state index in [1.54, 1.807) is 3.87 Å². The molecule has 0 heterocycles. The Hall–Kier alpha value is -0.786. The number of hydrogen-bond acceptors (Lipinski definition) is 0. The maximum atomic E-state index is 2.34. The van der Waals surface area contributed by atoms with Crippen molar-refractivity contribution in [3.8, 4) is 0 Å². The molecule has 2 aromatic carbocycles. The van der Waals surface area contributed by atoms with Crippen LogP contribution < -0.4 is 3.87 Å². The van der Waals surface area contributed by atoms with Crippen molar-refractivity contribution in [1.29, 1.82) is 0 Å². The van der Waals surface area contributed by atoms with Crippen LogP contribution in [0, 0.1) is 20.8 Å². The SMILES string of the molecule is CC1=C(c2ccccc2[CH2][Ti][c]2c(C)cc(C)cc2C)CC=C1.Cl.Cl. The van der Waals surface area contributed by atoms with Gasteiger partial charge in [-0.25, -0.2) is 0 Å². The molecular weight excluding hydrogens is 383 g/mol. The van der Waals surface area contributed by atoms with Gasteiger partial charge in [0.2, 0.25) is 0 Å². The fourth-order valence-corrected chi connectivity index (χ4v) is 5.70. The quantitative estimate of drug-likeness (QED) is 0.536. The minimum absolute atomic E-state index is 0. The van der Waals surface area contributed by atoms with Gasteiger partial charge in [0, 0.05) is 0 Å². The van der Waals surface area contributed by atoms with Crippen LogP contribution in [-0.4, -0.2) is 0 Å². The molecule has 0 unspecified atom stereocenters. The average Bonchev–Trinajstić information content (AvgIpc) is 2.92. The van der Waals surface area contributed by atoms with Gasteiger partial charge in [-0.3, -0.25) is 0 Å². The van der Waals surface area contributed by atoms with E-state index in [4.69, 9.17) is 0 Å². The Kier molecular flexibility index (Phi) is 8.71. The minimum Gasteiger partial charge on any atom is -0.147 e. The summed E-state index contributed by atoms with van der Waals surface area (Å²) in [5.74, 6) is 0.